The predicted molar refractivity (Wildman–Crippen MR) is 125 cm³/mol. The smallest absolute Gasteiger partial charge is 0.215 e. The summed E-state index contributed by atoms with van der Waals surface area (Å²) in [5.74, 6) is 0.502. The number of rotatable bonds is 4. The fourth-order valence-corrected chi connectivity index (χ4v) is 4.04. The molecule has 1 aliphatic heterocycles. The van der Waals surface area contributed by atoms with E-state index in [4.69, 9.17) is 21.6 Å². The summed E-state index contributed by atoms with van der Waals surface area (Å²) >= 11 is 6.01. The van der Waals surface area contributed by atoms with Gasteiger partial charge in [0.05, 0.1) is 11.0 Å². The molecule has 154 valence electrons. The Morgan fingerprint density at radius 2 is 1.29 bits per heavy atom. The number of benzene rings is 3. The second-order valence-electron chi connectivity index (χ2n) is 7.53. The van der Waals surface area contributed by atoms with Crippen LogP contribution >= 0.6 is 11.6 Å². The van der Waals surface area contributed by atoms with E-state index in [0.29, 0.717) is 27.6 Å². The van der Waals surface area contributed by atoms with Crippen molar-refractivity contribution < 1.29 is 4.79 Å². The first-order valence-corrected chi connectivity index (χ1v) is 10.7. The van der Waals surface area contributed by atoms with E-state index in [9.17, 15) is 4.79 Å². The Hall–Kier alpha value is -3.44. The first-order valence-electron chi connectivity index (χ1n) is 10.3. The van der Waals surface area contributed by atoms with E-state index in [0.717, 1.165) is 31.7 Å². The molecule has 0 spiro atoms. The molecule has 3 aromatic carbocycles. The summed E-state index contributed by atoms with van der Waals surface area (Å²) in [5.41, 5.74) is 3.65. The van der Waals surface area contributed by atoms with Crippen molar-refractivity contribution in [3.63, 3.8) is 0 Å². The van der Waals surface area contributed by atoms with Crippen LogP contribution in [0.3, 0.4) is 0 Å². The molecule has 0 aliphatic carbocycles. The number of carbonyl (C=O) groups excluding carboxylic acids is 1. The van der Waals surface area contributed by atoms with Gasteiger partial charge in [0, 0.05) is 42.5 Å². The predicted octanol–water partition coefficient (Wildman–Crippen LogP) is 4.84. The lowest BCUT2D eigenvalue weighted by molar-refractivity contribution is 0.103. The van der Waals surface area contributed by atoms with Crippen LogP contribution in [0.5, 0.6) is 0 Å². The summed E-state index contributed by atoms with van der Waals surface area (Å²) in [6, 6.07) is 25.0. The normalized spacial score (nSPS) is 14.1. The number of hydrogen-bond donors (Lipinski definition) is 0. The maximum atomic E-state index is 13.4. The summed E-state index contributed by atoms with van der Waals surface area (Å²) in [7, 11) is 0. The Bertz CT molecular complexity index is 1220. The van der Waals surface area contributed by atoms with Crippen molar-refractivity contribution in [1.29, 1.82) is 0 Å². The molecule has 1 aliphatic rings. The lowest BCUT2D eigenvalue weighted by Gasteiger charge is -2.37. The highest BCUT2D eigenvalue weighted by Crippen LogP contribution is 2.26. The quantitative estimate of drug-likeness (QED) is 0.435. The molecule has 0 unspecified atom stereocenters. The molecule has 4 aromatic rings. The molecular formula is C25H21ClN4O. The van der Waals surface area contributed by atoms with Gasteiger partial charge in [-0.15, -0.1) is 0 Å². The van der Waals surface area contributed by atoms with Crippen molar-refractivity contribution in [2.75, 3.05) is 36.0 Å². The van der Waals surface area contributed by atoms with Crippen molar-refractivity contribution in [2.24, 2.45) is 0 Å². The third-order valence-electron chi connectivity index (χ3n) is 5.57. The highest BCUT2D eigenvalue weighted by molar-refractivity contribution is 6.30. The van der Waals surface area contributed by atoms with E-state index in [1.807, 2.05) is 30.3 Å². The number of para-hydroxylation sites is 3. The molecule has 5 rings (SSSR count). The van der Waals surface area contributed by atoms with Gasteiger partial charge in [-0.25, -0.2) is 9.97 Å². The van der Waals surface area contributed by atoms with Gasteiger partial charge in [0.15, 0.2) is 11.5 Å². The Morgan fingerprint density at radius 3 is 1.97 bits per heavy atom. The summed E-state index contributed by atoms with van der Waals surface area (Å²) in [5, 5.41) is 0.596. The Kier molecular flexibility index (Phi) is 5.26. The molecule has 0 saturated carbocycles. The molecule has 1 fully saturated rings. The highest BCUT2D eigenvalue weighted by atomic mass is 35.5. The van der Waals surface area contributed by atoms with Crippen LogP contribution in [0, 0.1) is 0 Å². The maximum absolute atomic E-state index is 13.4. The van der Waals surface area contributed by atoms with Gasteiger partial charge in [-0.2, -0.15) is 0 Å². The Labute approximate surface area is 185 Å². The fraction of sp³-hybridized carbons (Fsp3) is 0.160. The van der Waals surface area contributed by atoms with Crippen molar-refractivity contribution >= 4 is 39.9 Å². The van der Waals surface area contributed by atoms with Crippen LogP contribution in [0.15, 0.2) is 78.9 Å². The van der Waals surface area contributed by atoms with Crippen molar-refractivity contribution in [3.8, 4) is 0 Å². The zero-order valence-electron chi connectivity index (χ0n) is 16.9. The largest absolute Gasteiger partial charge is 0.368 e. The Morgan fingerprint density at radius 1 is 0.710 bits per heavy atom. The maximum Gasteiger partial charge on any atom is 0.215 e. The first kappa shape index (κ1) is 19.5. The minimum absolute atomic E-state index is 0.143. The third-order valence-corrected chi connectivity index (χ3v) is 5.83. The summed E-state index contributed by atoms with van der Waals surface area (Å²) in [6.07, 6.45) is 0. The number of aromatic nitrogens is 2. The average molecular weight is 429 g/mol. The summed E-state index contributed by atoms with van der Waals surface area (Å²) in [4.78, 5) is 27.5. The summed E-state index contributed by atoms with van der Waals surface area (Å²) < 4.78 is 0. The molecule has 6 heteroatoms. The lowest BCUT2D eigenvalue weighted by Crippen LogP contribution is -2.47. The minimum Gasteiger partial charge on any atom is -0.368 e. The molecule has 2 heterocycles. The first-order chi connectivity index (χ1) is 15.2. The van der Waals surface area contributed by atoms with E-state index in [-0.39, 0.29) is 5.78 Å². The van der Waals surface area contributed by atoms with E-state index in [1.165, 1.54) is 5.69 Å². The van der Waals surface area contributed by atoms with E-state index >= 15 is 0 Å². The average Bonchev–Trinajstić information content (AvgIpc) is 2.84. The minimum atomic E-state index is -0.143. The van der Waals surface area contributed by atoms with Crippen LogP contribution in [0.25, 0.3) is 11.0 Å². The van der Waals surface area contributed by atoms with Crippen LogP contribution in [0.2, 0.25) is 5.02 Å². The van der Waals surface area contributed by atoms with Crippen LogP contribution in [-0.4, -0.2) is 41.9 Å². The number of anilines is 2. The van der Waals surface area contributed by atoms with E-state index in [2.05, 4.69) is 34.1 Å². The van der Waals surface area contributed by atoms with Crippen LogP contribution < -0.4 is 9.80 Å². The topological polar surface area (TPSA) is 49.3 Å². The van der Waals surface area contributed by atoms with Gasteiger partial charge in [0.25, 0.3) is 0 Å². The van der Waals surface area contributed by atoms with Gasteiger partial charge in [-0.05, 0) is 48.5 Å². The fourth-order valence-electron chi connectivity index (χ4n) is 3.92. The molecule has 0 radical (unpaired) electrons. The molecular weight excluding hydrogens is 408 g/mol. The number of nitrogens with zero attached hydrogens (tertiary/aromatic N) is 4. The van der Waals surface area contributed by atoms with Crippen LogP contribution in [-0.2, 0) is 0 Å². The van der Waals surface area contributed by atoms with E-state index < -0.39 is 0 Å². The molecule has 5 nitrogen and oxygen atoms in total. The Balaban J connectivity index is 1.49. The van der Waals surface area contributed by atoms with Gasteiger partial charge >= 0.3 is 0 Å². The number of piperazine rings is 1. The second kappa shape index (κ2) is 8.36. The third kappa shape index (κ3) is 3.97. The lowest BCUT2D eigenvalue weighted by atomic mass is 10.1. The molecule has 0 amide bonds. The standard InChI is InChI=1S/C25H21ClN4O/c26-19-12-10-18(11-13-19)24(31)23-25(28-22-9-5-4-8-21(22)27-23)30-16-14-29(15-17-30)20-6-2-1-3-7-20/h1-13H,14-17H2. The van der Waals surface area contributed by atoms with Gasteiger partial charge in [0.1, 0.15) is 0 Å². The molecule has 31 heavy (non-hydrogen) atoms. The molecule has 1 saturated heterocycles. The molecule has 0 bridgehead atoms. The zero-order valence-corrected chi connectivity index (χ0v) is 17.7. The monoisotopic (exact) mass is 428 g/mol. The van der Waals surface area contributed by atoms with Crippen molar-refractivity contribution in [3.05, 3.63) is 95.1 Å². The van der Waals surface area contributed by atoms with Gasteiger partial charge in [0.2, 0.25) is 5.78 Å². The number of fused-ring (bicyclic) bond motifs is 1. The molecule has 1 aromatic heterocycles. The van der Waals surface area contributed by atoms with Gasteiger partial charge < -0.3 is 9.80 Å². The van der Waals surface area contributed by atoms with Gasteiger partial charge in [-0.3, -0.25) is 4.79 Å². The van der Waals surface area contributed by atoms with Crippen molar-refractivity contribution in [2.45, 2.75) is 0 Å². The number of ketones is 1. The van der Waals surface area contributed by atoms with Gasteiger partial charge in [-0.1, -0.05) is 41.9 Å². The molecule has 0 N–H and O–H groups in total. The second-order valence-corrected chi connectivity index (χ2v) is 7.97. The number of carbonyl (C=O) groups is 1. The number of hydrogen-bond acceptors (Lipinski definition) is 5. The SMILES string of the molecule is O=C(c1ccc(Cl)cc1)c1nc2ccccc2nc1N1CCN(c2ccccc2)CC1. The highest BCUT2D eigenvalue weighted by Gasteiger charge is 2.25. The number of halogens is 1. The van der Waals surface area contributed by atoms with Crippen molar-refractivity contribution in [1.82, 2.24) is 9.97 Å². The molecule has 0 atom stereocenters. The van der Waals surface area contributed by atoms with E-state index in [1.54, 1.807) is 24.3 Å². The summed E-state index contributed by atoms with van der Waals surface area (Å²) in [6.45, 7) is 3.24. The zero-order chi connectivity index (χ0) is 21.2. The van der Waals surface area contributed by atoms with Crippen LogP contribution in [0.4, 0.5) is 11.5 Å². The van der Waals surface area contributed by atoms with Crippen LogP contribution in [0.1, 0.15) is 16.1 Å².